The van der Waals surface area contributed by atoms with Crippen molar-refractivity contribution in [2.75, 3.05) is 19.6 Å². The van der Waals surface area contributed by atoms with Crippen molar-refractivity contribution in [3.05, 3.63) is 534 Å². The van der Waals surface area contributed by atoms with Gasteiger partial charge >= 0.3 is 0 Å². The maximum Gasteiger partial charge on any atom is 0.187 e. The molecule has 0 aliphatic rings. The second-order valence-corrected chi connectivity index (χ2v) is 38.8. The summed E-state index contributed by atoms with van der Waals surface area (Å²) in [5.41, 5.74) is 40.1. The van der Waals surface area contributed by atoms with Gasteiger partial charge in [0.25, 0.3) is 0 Å². The highest BCUT2D eigenvalue weighted by Gasteiger charge is 2.29. The molecule has 0 bridgehead atoms. The standard InChI is InChI=1S/C70H50N4.C68H50F2N2/c1-45-10-6-14-52(34-45)56-38-57(53-15-7-11-46(2)35-53)41-63(40-56)73(61-26-18-49(44-71)19-27-61)67-32-22-50-21-31-66-68(33-23-51-20-30-65(67)69(50)70(51)66)74(62-28-24-60(72-5)25-29-62)64-42-58(54-16-8-12-47(3)36-54)39-59(43-64)55-17-9-13-48(4)37-55;1-43-9-5-13-49(33-43)53-37-54(50-14-6-10-44(2)34-50)40-61(39-53)71(59-25-21-57(69)22-26-59)65-31-19-47-18-30-64-66(32-20-48-17-29-63(65)67(47)68(48)64)72(60-27-23-58(70)24-28-60)62-41-55(51-15-7-11-45(3)35-51)38-56(42-62)52-16-8-12-46(4)36-52/h6-43H,1-4H3;5-42H,1-4H3. The van der Waals surface area contributed by atoms with Crippen molar-refractivity contribution in [2.24, 2.45) is 0 Å². The van der Waals surface area contributed by atoms with Crippen molar-refractivity contribution < 1.29 is 8.78 Å². The lowest BCUT2D eigenvalue weighted by atomic mass is 9.91. The summed E-state index contributed by atoms with van der Waals surface area (Å²) in [7, 11) is 0. The van der Waals surface area contributed by atoms with Gasteiger partial charge in [0.1, 0.15) is 11.6 Å². The molecule has 0 aromatic heterocycles. The molecule has 24 rings (SSSR count). The molecule has 0 radical (unpaired) electrons. The van der Waals surface area contributed by atoms with Crippen LogP contribution in [0.4, 0.5) is 82.7 Å². The predicted octanol–water partition coefficient (Wildman–Crippen LogP) is 39.6. The molecule has 146 heavy (non-hydrogen) atoms. The second kappa shape index (κ2) is 38.4. The first kappa shape index (κ1) is 91.2. The van der Waals surface area contributed by atoms with Crippen LogP contribution in [0.1, 0.15) is 50.1 Å². The lowest BCUT2D eigenvalue weighted by Crippen LogP contribution is -2.12. The van der Waals surface area contributed by atoms with Crippen molar-refractivity contribution >= 4 is 139 Å². The number of nitriles is 1. The van der Waals surface area contributed by atoms with Crippen LogP contribution >= 0.6 is 0 Å². The van der Waals surface area contributed by atoms with E-state index < -0.39 is 0 Å². The average Bonchev–Trinajstić information content (AvgIpc) is 0.719. The lowest BCUT2D eigenvalue weighted by Gasteiger charge is -2.30. The third-order valence-electron chi connectivity index (χ3n) is 28.4. The fourth-order valence-electron chi connectivity index (χ4n) is 21.5. The zero-order chi connectivity index (χ0) is 99.5. The fourth-order valence-corrected chi connectivity index (χ4v) is 21.5. The van der Waals surface area contributed by atoms with Gasteiger partial charge in [-0.1, -0.05) is 324 Å². The zero-order valence-electron chi connectivity index (χ0n) is 82.3. The number of anilines is 12. The molecule has 0 N–H and O–H groups in total. The van der Waals surface area contributed by atoms with Gasteiger partial charge < -0.3 is 19.6 Å². The Morgan fingerprint density at radius 2 is 0.390 bits per heavy atom. The molecule has 24 aromatic carbocycles. The molecule has 0 amide bonds. The summed E-state index contributed by atoms with van der Waals surface area (Å²) in [4.78, 5) is 13.1. The van der Waals surface area contributed by atoms with Crippen LogP contribution in [0.5, 0.6) is 0 Å². The molecule has 0 aliphatic carbocycles. The summed E-state index contributed by atoms with van der Waals surface area (Å²) in [5.74, 6) is -0.589. The van der Waals surface area contributed by atoms with Gasteiger partial charge in [-0.05, 0) is 369 Å². The summed E-state index contributed by atoms with van der Waals surface area (Å²) >= 11 is 0. The number of hydrogen-bond acceptors (Lipinski definition) is 5. The van der Waals surface area contributed by atoms with Gasteiger partial charge in [0.15, 0.2) is 5.69 Å². The monoisotopic (exact) mass is 1880 g/mol. The minimum Gasteiger partial charge on any atom is -0.310 e. The van der Waals surface area contributed by atoms with E-state index in [1.165, 1.54) is 55.3 Å². The third-order valence-corrected chi connectivity index (χ3v) is 28.4. The van der Waals surface area contributed by atoms with E-state index in [1.807, 2.05) is 48.5 Å². The van der Waals surface area contributed by atoms with E-state index >= 15 is 0 Å². The normalized spacial score (nSPS) is 11.3. The maximum absolute atomic E-state index is 14.9. The van der Waals surface area contributed by atoms with Crippen LogP contribution in [0.3, 0.4) is 0 Å². The summed E-state index contributed by atoms with van der Waals surface area (Å²) in [5, 5.41) is 23.4. The molecule has 0 atom stereocenters. The Morgan fingerprint density at radius 1 is 0.199 bits per heavy atom. The quantitative estimate of drug-likeness (QED) is 0.0562. The maximum atomic E-state index is 14.9. The van der Waals surface area contributed by atoms with Crippen LogP contribution in [0.25, 0.3) is 158 Å². The number of halogens is 2. The molecular formula is C138H100F2N6. The van der Waals surface area contributed by atoms with E-state index in [2.05, 4.69) is 474 Å². The van der Waals surface area contributed by atoms with E-state index in [0.29, 0.717) is 11.3 Å². The van der Waals surface area contributed by atoms with E-state index in [4.69, 9.17) is 6.57 Å². The Kier molecular flexibility index (Phi) is 24.0. The molecule has 0 saturated heterocycles. The van der Waals surface area contributed by atoms with E-state index in [-0.39, 0.29) is 11.6 Å². The van der Waals surface area contributed by atoms with Crippen LogP contribution < -0.4 is 19.6 Å². The Balaban J connectivity index is 0.000000161. The largest absolute Gasteiger partial charge is 0.310 e. The van der Waals surface area contributed by atoms with Gasteiger partial charge in [-0.15, -0.1) is 0 Å². The smallest absolute Gasteiger partial charge is 0.187 e. The third kappa shape index (κ3) is 17.9. The van der Waals surface area contributed by atoms with Crippen LogP contribution in [-0.2, 0) is 0 Å². The molecule has 8 heteroatoms. The molecular weight excluding hydrogens is 1780 g/mol. The number of aryl methyl sites for hydroxylation is 8. The Hall–Kier alpha value is -18.6. The molecule has 24 aromatic rings. The number of nitrogens with zero attached hydrogens (tertiary/aromatic N) is 6. The summed E-state index contributed by atoms with van der Waals surface area (Å²) in [6.07, 6.45) is 0. The minimum absolute atomic E-state index is 0.295. The van der Waals surface area contributed by atoms with Crippen molar-refractivity contribution in [2.45, 2.75) is 55.4 Å². The van der Waals surface area contributed by atoms with E-state index in [9.17, 15) is 14.0 Å². The van der Waals surface area contributed by atoms with Crippen molar-refractivity contribution in [3.63, 3.8) is 0 Å². The van der Waals surface area contributed by atoms with Crippen molar-refractivity contribution in [1.29, 1.82) is 5.26 Å². The molecule has 0 aliphatic heterocycles. The van der Waals surface area contributed by atoms with E-state index in [0.717, 1.165) is 211 Å². The average molecular weight is 1880 g/mol. The molecule has 0 spiro atoms. The number of hydrogen-bond donors (Lipinski definition) is 0. The molecule has 0 heterocycles. The molecule has 0 unspecified atom stereocenters. The second-order valence-electron chi connectivity index (χ2n) is 38.8. The summed E-state index contributed by atoms with van der Waals surface area (Å²) in [6.45, 7) is 24.9. The lowest BCUT2D eigenvalue weighted by molar-refractivity contribution is 0.627. The van der Waals surface area contributed by atoms with Gasteiger partial charge in [-0.3, -0.25) is 0 Å². The molecule has 0 fully saturated rings. The number of benzene rings is 24. The highest BCUT2D eigenvalue weighted by molar-refractivity contribution is 6.30. The van der Waals surface area contributed by atoms with Gasteiger partial charge in [0.2, 0.25) is 0 Å². The van der Waals surface area contributed by atoms with Crippen LogP contribution in [0.2, 0.25) is 0 Å². The van der Waals surface area contributed by atoms with Gasteiger partial charge in [-0.2, -0.15) is 5.26 Å². The summed E-state index contributed by atoms with van der Waals surface area (Å²) < 4.78 is 29.8. The van der Waals surface area contributed by atoms with Crippen LogP contribution in [0.15, 0.2) is 461 Å². The van der Waals surface area contributed by atoms with Gasteiger partial charge in [0, 0.05) is 67.0 Å². The Labute approximate surface area is 850 Å². The first-order valence-electron chi connectivity index (χ1n) is 49.6. The molecule has 6 nitrogen and oxygen atoms in total. The zero-order valence-corrected chi connectivity index (χ0v) is 82.3. The Morgan fingerprint density at radius 3 is 0.582 bits per heavy atom. The first-order chi connectivity index (χ1) is 71.3. The Bertz CT molecular complexity index is 8500. The predicted molar refractivity (Wildman–Crippen MR) is 611 cm³/mol. The van der Waals surface area contributed by atoms with Crippen LogP contribution in [0, 0.1) is 84.9 Å². The van der Waals surface area contributed by atoms with Gasteiger partial charge in [-0.25, -0.2) is 13.6 Å². The van der Waals surface area contributed by atoms with Crippen molar-refractivity contribution in [3.8, 4) is 95.1 Å². The molecule has 696 valence electrons. The minimum atomic E-state index is -0.295. The SMILES string of the molecule is Cc1cccc(-c2cc(-c3cccc(C)c3)cc(N(c3ccc(F)cc3)c3ccc4ccc5c(N(c6ccc(F)cc6)c6cc(-c7cccc(C)c7)cc(-c7cccc(C)c7)c6)ccc6ccc3c4c65)c2)c1.[C-]#[N+]c1ccc(N(c2cc(-c3cccc(C)c3)cc(-c3cccc(C)c3)c2)c2ccc3ccc4c(N(c5ccc(C#N)cc5)c5cc(-c6cccc(C)c6)cc(-c6cccc(C)c6)c5)ccc5ccc2c3c54)cc1. The fraction of sp³-hybridized carbons (Fsp3) is 0.0580. The topological polar surface area (TPSA) is 41.1 Å². The van der Waals surface area contributed by atoms with E-state index in [1.54, 1.807) is 24.3 Å². The highest BCUT2D eigenvalue weighted by Crippen LogP contribution is 2.54. The summed E-state index contributed by atoms with van der Waals surface area (Å²) in [6, 6.07) is 165. The highest BCUT2D eigenvalue weighted by atomic mass is 19.1. The number of rotatable bonds is 20. The van der Waals surface area contributed by atoms with Crippen LogP contribution in [-0.4, -0.2) is 0 Å². The molecule has 0 saturated carbocycles. The first-order valence-corrected chi connectivity index (χ1v) is 49.6. The van der Waals surface area contributed by atoms with Gasteiger partial charge in [0.05, 0.1) is 41.0 Å². The van der Waals surface area contributed by atoms with Crippen molar-refractivity contribution in [1.82, 2.24) is 0 Å².